The Morgan fingerprint density at radius 1 is 0.610 bits per heavy atom. The van der Waals surface area contributed by atoms with Crippen LogP contribution in [0.5, 0.6) is 0 Å². The molecular formula is C34H68N2O5. The van der Waals surface area contributed by atoms with Gasteiger partial charge >= 0.3 is 12.1 Å². The van der Waals surface area contributed by atoms with Gasteiger partial charge in [0.15, 0.2) is 0 Å². The van der Waals surface area contributed by atoms with Crippen molar-refractivity contribution in [2.75, 3.05) is 45.9 Å². The molecule has 7 nitrogen and oxygen atoms in total. The van der Waals surface area contributed by atoms with Gasteiger partial charge in [-0.25, -0.2) is 4.79 Å². The largest absolute Gasteiger partial charge is 0.508 e. The summed E-state index contributed by atoms with van der Waals surface area (Å²) in [5.74, 6) is -0.143. The maximum absolute atomic E-state index is 12.5. The number of likely N-dealkylation sites (N-methyl/N-ethyl adjacent to an activating group) is 1. The highest BCUT2D eigenvalue weighted by molar-refractivity contribution is 5.69. The second-order valence-electron chi connectivity index (χ2n) is 11.8. The Kier molecular flexibility index (Phi) is 27.8. The van der Waals surface area contributed by atoms with Gasteiger partial charge in [-0.1, -0.05) is 98.3 Å². The van der Waals surface area contributed by atoms with Crippen molar-refractivity contribution < 1.29 is 23.8 Å². The Morgan fingerprint density at radius 2 is 1.17 bits per heavy atom. The first-order valence-electron chi connectivity index (χ1n) is 17.3. The zero-order valence-corrected chi connectivity index (χ0v) is 28.1. The number of nitrogens with zero attached hydrogens (tertiary/aromatic N) is 2. The van der Waals surface area contributed by atoms with E-state index in [0.717, 1.165) is 58.3 Å². The van der Waals surface area contributed by atoms with E-state index < -0.39 is 6.16 Å². The zero-order chi connectivity index (χ0) is 30.6. The van der Waals surface area contributed by atoms with Gasteiger partial charge in [0.25, 0.3) is 0 Å². The van der Waals surface area contributed by atoms with Crippen molar-refractivity contribution in [1.82, 2.24) is 9.80 Å². The molecule has 244 valence electrons. The maximum atomic E-state index is 12.5. The van der Waals surface area contributed by atoms with Gasteiger partial charge in [0.1, 0.15) is 12.7 Å². The molecule has 0 aliphatic rings. The van der Waals surface area contributed by atoms with Gasteiger partial charge in [-0.2, -0.15) is 0 Å². The minimum Gasteiger partial charge on any atom is -0.466 e. The molecule has 1 atom stereocenters. The van der Waals surface area contributed by atoms with Crippen LogP contribution in [0.3, 0.4) is 0 Å². The highest BCUT2D eigenvalue weighted by Gasteiger charge is 2.18. The average Bonchev–Trinajstić information content (AvgIpc) is 2.95. The van der Waals surface area contributed by atoms with Gasteiger partial charge in [0.2, 0.25) is 0 Å². The molecule has 0 saturated carbocycles. The number of esters is 1. The molecule has 0 amide bonds. The molecule has 0 heterocycles. The molecule has 0 fully saturated rings. The Hall–Kier alpha value is -1.34. The van der Waals surface area contributed by atoms with E-state index in [9.17, 15) is 9.59 Å². The molecule has 0 saturated heterocycles. The van der Waals surface area contributed by atoms with Gasteiger partial charge in [-0.15, -0.1) is 0 Å². The summed E-state index contributed by atoms with van der Waals surface area (Å²) in [5.41, 5.74) is 0. The molecule has 0 bridgehead atoms. The number of ether oxygens (including phenoxy) is 3. The first-order chi connectivity index (χ1) is 19.9. The monoisotopic (exact) mass is 585 g/mol. The molecule has 0 aromatic rings. The topological polar surface area (TPSA) is 68.3 Å². The van der Waals surface area contributed by atoms with Crippen molar-refractivity contribution in [1.29, 1.82) is 0 Å². The lowest BCUT2D eigenvalue weighted by molar-refractivity contribution is -0.144. The summed E-state index contributed by atoms with van der Waals surface area (Å²) in [5, 5.41) is 0. The third-order valence-corrected chi connectivity index (χ3v) is 7.99. The molecule has 0 N–H and O–H groups in total. The van der Waals surface area contributed by atoms with Gasteiger partial charge in [0.05, 0.1) is 6.61 Å². The molecule has 0 spiro atoms. The molecule has 0 aromatic heterocycles. The second-order valence-corrected chi connectivity index (χ2v) is 11.8. The normalized spacial score (nSPS) is 12.3. The summed E-state index contributed by atoms with van der Waals surface area (Å²) < 4.78 is 16.6. The lowest BCUT2D eigenvalue weighted by atomic mass is 10.0. The predicted octanol–water partition coefficient (Wildman–Crippen LogP) is 8.78. The standard InChI is InChI=1S/C34H68N2O5/c1-7-11-13-15-16-17-18-19-21-29-39-33(37)25-22-24-32(23-20-14-12-8-2)41-34(38)40-30-28-36(31(5)6)27-26-35(9-3)10-4/h31-32H,7-30H2,1-6H3. The summed E-state index contributed by atoms with van der Waals surface area (Å²) in [7, 11) is 0. The minimum atomic E-state index is -0.592. The Balaban J connectivity index is 4.30. The summed E-state index contributed by atoms with van der Waals surface area (Å²) in [4.78, 5) is 29.5. The second kappa shape index (κ2) is 28.8. The molecular weight excluding hydrogens is 516 g/mol. The molecule has 7 heteroatoms. The van der Waals surface area contributed by atoms with Crippen LogP contribution in [0.4, 0.5) is 4.79 Å². The molecule has 0 aromatic carbocycles. The third kappa shape index (κ3) is 24.9. The van der Waals surface area contributed by atoms with Crippen molar-refractivity contribution in [2.24, 2.45) is 0 Å². The minimum absolute atomic E-state index is 0.143. The van der Waals surface area contributed by atoms with Crippen molar-refractivity contribution in [3.05, 3.63) is 0 Å². The van der Waals surface area contributed by atoms with Crippen molar-refractivity contribution in [3.63, 3.8) is 0 Å². The van der Waals surface area contributed by atoms with Crippen molar-refractivity contribution >= 4 is 12.1 Å². The van der Waals surface area contributed by atoms with E-state index in [1.54, 1.807) is 0 Å². The van der Waals surface area contributed by atoms with E-state index in [0.29, 0.717) is 45.1 Å². The Labute approximate surface area is 254 Å². The summed E-state index contributed by atoms with van der Waals surface area (Å²) in [6.07, 6.45) is 17.4. The lowest BCUT2D eigenvalue weighted by Crippen LogP contribution is -2.40. The van der Waals surface area contributed by atoms with Gasteiger partial charge < -0.3 is 19.1 Å². The summed E-state index contributed by atoms with van der Waals surface area (Å²) in [6, 6.07) is 0.386. The average molecular weight is 585 g/mol. The first-order valence-corrected chi connectivity index (χ1v) is 17.3. The van der Waals surface area contributed by atoms with E-state index >= 15 is 0 Å². The van der Waals surface area contributed by atoms with Crippen LogP contribution >= 0.6 is 0 Å². The molecule has 41 heavy (non-hydrogen) atoms. The van der Waals surface area contributed by atoms with E-state index in [4.69, 9.17) is 14.2 Å². The molecule has 0 rings (SSSR count). The number of unbranched alkanes of at least 4 members (excludes halogenated alkanes) is 11. The van der Waals surface area contributed by atoms with Crippen LogP contribution in [0.15, 0.2) is 0 Å². The van der Waals surface area contributed by atoms with Gasteiger partial charge in [-0.3, -0.25) is 9.69 Å². The lowest BCUT2D eigenvalue weighted by Gasteiger charge is -2.29. The SMILES string of the molecule is CCCCCCCCCCCOC(=O)CCCC(CCCCCC)OC(=O)OCCN(CCN(CC)CC)C(C)C. The molecule has 0 aliphatic carbocycles. The van der Waals surface area contributed by atoms with Crippen LogP contribution in [0.2, 0.25) is 0 Å². The number of carbonyl (C=O) groups excluding carboxylic acids is 2. The fourth-order valence-electron chi connectivity index (χ4n) is 5.06. The summed E-state index contributed by atoms with van der Waals surface area (Å²) in [6.45, 7) is 18.7. The third-order valence-electron chi connectivity index (χ3n) is 7.99. The summed E-state index contributed by atoms with van der Waals surface area (Å²) >= 11 is 0. The van der Waals surface area contributed by atoms with Gasteiger partial charge in [-0.05, 0) is 59.0 Å². The Morgan fingerprint density at radius 3 is 1.76 bits per heavy atom. The van der Waals surface area contributed by atoms with Crippen LogP contribution in [-0.4, -0.2) is 80.0 Å². The zero-order valence-electron chi connectivity index (χ0n) is 28.1. The smallest absolute Gasteiger partial charge is 0.466 e. The van der Waals surface area contributed by atoms with E-state index in [-0.39, 0.29) is 12.1 Å². The highest BCUT2D eigenvalue weighted by Crippen LogP contribution is 2.16. The quantitative estimate of drug-likeness (QED) is 0.0643. The van der Waals surface area contributed by atoms with Gasteiger partial charge in [0, 0.05) is 32.1 Å². The van der Waals surface area contributed by atoms with Crippen LogP contribution in [-0.2, 0) is 19.0 Å². The Bertz CT molecular complexity index is 598. The number of carbonyl (C=O) groups is 2. The van der Waals surface area contributed by atoms with Crippen LogP contribution < -0.4 is 0 Å². The van der Waals surface area contributed by atoms with Crippen molar-refractivity contribution in [2.45, 2.75) is 163 Å². The first kappa shape index (κ1) is 39.7. The van der Waals surface area contributed by atoms with E-state index in [1.165, 1.54) is 57.8 Å². The molecule has 1 unspecified atom stereocenters. The fraction of sp³-hybridized carbons (Fsp3) is 0.941. The number of rotatable bonds is 29. The maximum Gasteiger partial charge on any atom is 0.508 e. The molecule has 0 radical (unpaired) electrons. The van der Waals surface area contributed by atoms with Crippen LogP contribution in [0.1, 0.15) is 151 Å². The van der Waals surface area contributed by atoms with Crippen LogP contribution in [0, 0.1) is 0 Å². The van der Waals surface area contributed by atoms with E-state index in [1.807, 2.05) is 0 Å². The molecule has 0 aliphatic heterocycles. The predicted molar refractivity (Wildman–Crippen MR) is 172 cm³/mol. The van der Waals surface area contributed by atoms with Crippen molar-refractivity contribution in [3.8, 4) is 0 Å². The number of hydrogen-bond acceptors (Lipinski definition) is 7. The highest BCUT2D eigenvalue weighted by atomic mass is 16.7. The fourth-order valence-corrected chi connectivity index (χ4v) is 5.06. The van der Waals surface area contributed by atoms with E-state index in [2.05, 4.69) is 51.3 Å². The number of hydrogen-bond donors (Lipinski definition) is 0. The van der Waals surface area contributed by atoms with Crippen LogP contribution in [0.25, 0.3) is 0 Å².